The van der Waals surface area contributed by atoms with Crippen molar-refractivity contribution >= 4 is 6.41 Å². The molecule has 0 rings (SSSR count). The third kappa shape index (κ3) is 5.34. The van der Waals surface area contributed by atoms with Gasteiger partial charge in [0, 0.05) is 13.6 Å². The number of carbonyl (C=O) groups excluding carboxylic acids is 1. The van der Waals surface area contributed by atoms with E-state index in [9.17, 15) is 4.79 Å². The van der Waals surface area contributed by atoms with Crippen LogP contribution in [0.5, 0.6) is 0 Å². The second kappa shape index (κ2) is 5.60. The molecular formula is C7H14NO. The van der Waals surface area contributed by atoms with Gasteiger partial charge >= 0.3 is 0 Å². The first-order valence-corrected chi connectivity index (χ1v) is 3.33. The Labute approximate surface area is 56.9 Å². The lowest BCUT2D eigenvalue weighted by molar-refractivity contribution is -0.116. The first kappa shape index (κ1) is 8.47. The van der Waals surface area contributed by atoms with Crippen LogP contribution in [0.3, 0.4) is 0 Å². The number of unbranched alkanes of at least 4 members (excludes halogenated alkanes) is 2. The van der Waals surface area contributed by atoms with Crippen molar-refractivity contribution in [1.29, 1.82) is 0 Å². The van der Waals surface area contributed by atoms with Gasteiger partial charge in [0.15, 0.2) is 0 Å². The van der Waals surface area contributed by atoms with Gasteiger partial charge in [-0.1, -0.05) is 19.8 Å². The lowest BCUT2D eigenvalue weighted by Crippen LogP contribution is -2.13. The molecule has 0 N–H and O–H groups in total. The average Bonchev–Trinajstić information content (AvgIpc) is 1.89. The molecule has 53 valence electrons. The van der Waals surface area contributed by atoms with Crippen molar-refractivity contribution in [3.8, 4) is 0 Å². The minimum absolute atomic E-state index is 0.760. The molecule has 0 aromatic heterocycles. The molecule has 0 spiro atoms. The number of hydrogen-bond donors (Lipinski definition) is 0. The molecule has 1 amide bonds. The van der Waals surface area contributed by atoms with Crippen LogP contribution in [0, 0.1) is 7.05 Å². The van der Waals surface area contributed by atoms with E-state index < -0.39 is 0 Å². The highest BCUT2D eigenvalue weighted by Crippen LogP contribution is 1.94. The second-order valence-corrected chi connectivity index (χ2v) is 2.12. The second-order valence-electron chi connectivity index (χ2n) is 2.12. The van der Waals surface area contributed by atoms with Crippen LogP contribution in [0.2, 0.25) is 0 Å². The Morgan fingerprint density at radius 1 is 1.56 bits per heavy atom. The van der Waals surface area contributed by atoms with Crippen molar-refractivity contribution in [2.75, 3.05) is 6.54 Å². The predicted octanol–water partition coefficient (Wildman–Crippen LogP) is 1.43. The third-order valence-corrected chi connectivity index (χ3v) is 1.20. The Morgan fingerprint density at radius 3 is 2.67 bits per heavy atom. The molecule has 0 saturated heterocycles. The summed E-state index contributed by atoms with van der Waals surface area (Å²) in [5.41, 5.74) is 0. The summed E-state index contributed by atoms with van der Waals surface area (Å²) in [7, 11) is 3.49. The van der Waals surface area contributed by atoms with E-state index >= 15 is 0 Å². The van der Waals surface area contributed by atoms with Gasteiger partial charge in [0.05, 0.1) is 0 Å². The van der Waals surface area contributed by atoms with Crippen LogP contribution in [0.1, 0.15) is 26.2 Å². The van der Waals surface area contributed by atoms with E-state index in [0.717, 1.165) is 19.4 Å². The molecule has 0 aromatic carbocycles. The normalized spacial score (nSPS) is 9.11. The molecule has 0 saturated carbocycles. The number of rotatable bonds is 5. The van der Waals surface area contributed by atoms with Crippen LogP contribution < -0.4 is 0 Å². The molecule has 1 radical (unpaired) electrons. The fourth-order valence-corrected chi connectivity index (χ4v) is 0.618. The average molecular weight is 128 g/mol. The van der Waals surface area contributed by atoms with Crippen LogP contribution in [0.25, 0.3) is 0 Å². The molecule has 2 nitrogen and oxygen atoms in total. The lowest BCUT2D eigenvalue weighted by Gasteiger charge is -2.07. The Kier molecular flexibility index (Phi) is 5.27. The maximum Gasteiger partial charge on any atom is 0.209 e. The van der Waals surface area contributed by atoms with Crippen LogP contribution in [-0.4, -0.2) is 17.9 Å². The summed E-state index contributed by atoms with van der Waals surface area (Å²) < 4.78 is 0. The van der Waals surface area contributed by atoms with E-state index in [1.165, 1.54) is 17.7 Å². The fourth-order valence-electron chi connectivity index (χ4n) is 0.618. The van der Waals surface area contributed by atoms with Crippen LogP contribution >= 0.6 is 0 Å². The molecule has 0 fully saturated rings. The molecule has 0 unspecified atom stereocenters. The third-order valence-electron chi connectivity index (χ3n) is 1.20. The number of nitrogens with zero attached hydrogens (tertiary/aromatic N) is 1. The van der Waals surface area contributed by atoms with Crippen molar-refractivity contribution < 1.29 is 4.79 Å². The summed E-state index contributed by atoms with van der Waals surface area (Å²) in [6, 6.07) is 0. The fraction of sp³-hybridized carbons (Fsp3) is 0.714. The molecular weight excluding hydrogens is 114 g/mol. The maximum absolute atomic E-state index is 9.96. The van der Waals surface area contributed by atoms with Gasteiger partial charge in [0.25, 0.3) is 0 Å². The van der Waals surface area contributed by atoms with E-state index in [-0.39, 0.29) is 0 Å². The summed E-state index contributed by atoms with van der Waals surface area (Å²) in [6.07, 6.45) is 4.20. The van der Waals surface area contributed by atoms with Gasteiger partial charge in [-0.2, -0.15) is 0 Å². The highest BCUT2D eigenvalue weighted by atomic mass is 16.1. The van der Waals surface area contributed by atoms with Crippen molar-refractivity contribution in [3.63, 3.8) is 0 Å². The summed E-state index contributed by atoms with van der Waals surface area (Å²) in [4.78, 5) is 11.4. The van der Waals surface area contributed by atoms with Gasteiger partial charge in [-0.15, -0.1) is 0 Å². The summed E-state index contributed by atoms with van der Waals surface area (Å²) in [5, 5.41) is 0. The molecule has 0 heterocycles. The van der Waals surface area contributed by atoms with Gasteiger partial charge in [-0.05, 0) is 6.42 Å². The topological polar surface area (TPSA) is 20.3 Å². The molecule has 0 atom stereocenters. The molecule has 9 heavy (non-hydrogen) atoms. The van der Waals surface area contributed by atoms with E-state index in [0.29, 0.717) is 0 Å². The van der Waals surface area contributed by atoms with Gasteiger partial charge in [-0.25, -0.2) is 0 Å². The molecule has 0 bridgehead atoms. The molecule has 0 aliphatic heterocycles. The van der Waals surface area contributed by atoms with Crippen LogP contribution in [0.15, 0.2) is 0 Å². The zero-order valence-corrected chi connectivity index (χ0v) is 5.97. The zero-order valence-electron chi connectivity index (χ0n) is 5.97. The Morgan fingerprint density at radius 2 is 2.22 bits per heavy atom. The molecule has 0 aliphatic rings. The Bertz CT molecular complexity index is 73.3. The van der Waals surface area contributed by atoms with Crippen molar-refractivity contribution in [2.45, 2.75) is 26.2 Å². The van der Waals surface area contributed by atoms with Crippen molar-refractivity contribution in [3.05, 3.63) is 7.05 Å². The maximum atomic E-state index is 9.96. The SMILES string of the molecule is [CH2]N(C=O)CCCCC. The first-order valence-electron chi connectivity index (χ1n) is 3.33. The standard InChI is InChI=1S/C7H14NO/c1-3-4-5-6-8(2)7-9/h7H,2-6H2,1H3. The number of hydrogen-bond acceptors (Lipinski definition) is 1. The smallest absolute Gasteiger partial charge is 0.209 e. The minimum atomic E-state index is 0.760. The van der Waals surface area contributed by atoms with E-state index in [4.69, 9.17) is 0 Å². The number of carbonyl (C=O) groups is 1. The van der Waals surface area contributed by atoms with Crippen molar-refractivity contribution in [1.82, 2.24) is 4.90 Å². The quantitative estimate of drug-likeness (QED) is 0.405. The van der Waals surface area contributed by atoms with E-state index in [1.54, 1.807) is 0 Å². The van der Waals surface area contributed by atoms with Crippen LogP contribution in [0.4, 0.5) is 0 Å². The lowest BCUT2D eigenvalue weighted by atomic mass is 10.2. The predicted molar refractivity (Wildman–Crippen MR) is 37.7 cm³/mol. The van der Waals surface area contributed by atoms with Gasteiger partial charge in [0.1, 0.15) is 0 Å². The Balaban J connectivity index is 2.96. The van der Waals surface area contributed by atoms with Gasteiger partial charge < -0.3 is 4.90 Å². The van der Waals surface area contributed by atoms with Gasteiger partial charge in [-0.3, -0.25) is 4.79 Å². The highest BCUT2D eigenvalue weighted by Gasteiger charge is 1.90. The first-order chi connectivity index (χ1) is 4.31. The highest BCUT2D eigenvalue weighted by molar-refractivity contribution is 5.46. The minimum Gasteiger partial charge on any atom is -0.343 e. The summed E-state index contributed by atoms with van der Waals surface area (Å²) >= 11 is 0. The van der Waals surface area contributed by atoms with Gasteiger partial charge in [0.2, 0.25) is 6.41 Å². The molecule has 0 aliphatic carbocycles. The summed E-state index contributed by atoms with van der Waals surface area (Å²) in [6.45, 7) is 2.92. The monoisotopic (exact) mass is 128 g/mol. The number of amides is 1. The summed E-state index contributed by atoms with van der Waals surface area (Å²) in [5.74, 6) is 0. The zero-order chi connectivity index (χ0) is 7.11. The van der Waals surface area contributed by atoms with Crippen molar-refractivity contribution in [2.24, 2.45) is 0 Å². The molecule has 0 aromatic rings. The molecule has 2 heteroatoms. The van der Waals surface area contributed by atoms with E-state index in [1.807, 2.05) is 0 Å². The van der Waals surface area contributed by atoms with Crippen LogP contribution in [-0.2, 0) is 4.79 Å². The van der Waals surface area contributed by atoms with E-state index in [2.05, 4.69) is 14.0 Å². The Hall–Kier alpha value is -0.530. The largest absolute Gasteiger partial charge is 0.343 e.